The summed E-state index contributed by atoms with van der Waals surface area (Å²) in [4.78, 5) is 1.81. The highest BCUT2D eigenvalue weighted by molar-refractivity contribution is 4.65. The summed E-state index contributed by atoms with van der Waals surface area (Å²) in [6.45, 7) is 3.81. The Hall–Kier alpha value is -0.120. The molecule has 1 saturated heterocycles. The van der Waals surface area contributed by atoms with Crippen LogP contribution >= 0.6 is 0 Å². The van der Waals surface area contributed by atoms with Gasteiger partial charge in [0.1, 0.15) is 6.73 Å². The van der Waals surface area contributed by atoms with Gasteiger partial charge < -0.3 is 10.4 Å². The van der Waals surface area contributed by atoms with Crippen LogP contribution in [-0.2, 0) is 0 Å². The van der Waals surface area contributed by atoms with E-state index < -0.39 is 0 Å². The molecule has 0 atom stereocenters. The van der Waals surface area contributed by atoms with Crippen molar-refractivity contribution in [3.8, 4) is 0 Å². The average molecular weight is 101 g/mol. The van der Waals surface area contributed by atoms with Gasteiger partial charge in [-0.3, -0.25) is 4.90 Å². The van der Waals surface area contributed by atoms with Crippen LogP contribution in [0.15, 0.2) is 0 Å². The second-order valence-corrected chi connectivity index (χ2v) is 1.59. The molecule has 1 rings (SSSR count). The number of nitrogens with zero attached hydrogens (tertiary/aromatic N) is 1. The second-order valence-electron chi connectivity index (χ2n) is 1.59. The molecule has 0 bridgehead atoms. The van der Waals surface area contributed by atoms with Crippen LogP contribution in [0, 0.1) is 6.73 Å². The van der Waals surface area contributed by atoms with Crippen LogP contribution in [0.4, 0.5) is 0 Å². The van der Waals surface area contributed by atoms with Gasteiger partial charge >= 0.3 is 0 Å². The third kappa shape index (κ3) is 1.12. The first-order valence-electron chi connectivity index (χ1n) is 2.36. The Morgan fingerprint density at radius 2 is 2.57 bits per heavy atom. The molecule has 1 radical (unpaired) electrons. The Labute approximate surface area is 42.9 Å². The molecule has 1 heterocycles. The van der Waals surface area contributed by atoms with Crippen molar-refractivity contribution in [2.24, 2.45) is 0 Å². The Morgan fingerprint density at radius 3 is 2.86 bits per heavy atom. The lowest BCUT2D eigenvalue weighted by molar-refractivity contribution is 0.216. The Morgan fingerprint density at radius 1 is 1.71 bits per heavy atom. The van der Waals surface area contributed by atoms with Gasteiger partial charge in [0.15, 0.2) is 0 Å². The van der Waals surface area contributed by atoms with E-state index in [0.717, 1.165) is 26.5 Å². The summed E-state index contributed by atoms with van der Waals surface area (Å²) < 4.78 is 0. The fourth-order valence-electron chi connectivity index (χ4n) is 0.623. The van der Waals surface area contributed by atoms with E-state index >= 15 is 0 Å². The van der Waals surface area contributed by atoms with Gasteiger partial charge in [0, 0.05) is 13.1 Å². The predicted molar refractivity (Wildman–Crippen MR) is 25.8 cm³/mol. The zero-order valence-electron chi connectivity index (χ0n) is 4.09. The molecule has 0 aromatic heterocycles. The number of rotatable bonds is 1. The number of aliphatic hydroxyl groups excluding tert-OH is 1. The minimum absolute atomic E-state index is 0.788. The summed E-state index contributed by atoms with van der Waals surface area (Å²) in [5.74, 6) is 0. The topological polar surface area (TPSA) is 35.5 Å². The summed E-state index contributed by atoms with van der Waals surface area (Å²) >= 11 is 0. The summed E-state index contributed by atoms with van der Waals surface area (Å²) in [5.41, 5.74) is 0. The highest BCUT2D eigenvalue weighted by Gasteiger charge is 2.07. The van der Waals surface area contributed by atoms with Crippen LogP contribution in [0.25, 0.3) is 0 Å². The van der Waals surface area contributed by atoms with Gasteiger partial charge in [-0.15, -0.1) is 0 Å². The molecule has 0 amide bonds. The molecule has 1 aliphatic heterocycles. The first kappa shape index (κ1) is 5.03. The molecule has 3 heteroatoms. The van der Waals surface area contributed by atoms with Crippen molar-refractivity contribution in [3.05, 3.63) is 6.73 Å². The maximum absolute atomic E-state index is 8.33. The molecule has 0 unspecified atom stereocenters. The largest absolute Gasteiger partial charge is 0.374 e. The van der Waals surface area contributed by atoms with Crippen LogP contribution in [0.3, 0.4) is 0 Å². The van der Waals surface area contributed by atoms with E-state index in [2.05, 4.69) is 5.32 Å². The van der Waals surface area contributed by atoms with E-state index in [-0.39, 0.29) is 0 Å². The first-order chi connectivity index (χ1) is 3.43. The van der Waals surface area contributed by atoms with Crippen LogP contribution < -0.4 is 5.32 Å². The maximum atomic E-state index is 8.33. The van der Waals surface area contributed by atoms with Gasteiger partial charge in [-0.05, 0) is 0 Å². The van der Waals surface area contributed by atoms with Gasteiger partial charge in [0.25, 0.3) is 0 Å². The third-order valence-corrected chi connectivity index (χ3v) is 1.05. The Kier molecular flexibility index (Phi) is 1.62. The summed E-state index contributed by atoms with van der Waals surface area (Å²) in [7, 11) is 0. The zero-order chi connectivity index (χ0) is 5.11. The molecule has 1 aliphatic rings. The number of hydrogen-bond donors (Lipinski definition) is 2. The SMILES string of the molecule is O[CH]N1CCNC1. The summed E-state index contributed by atoms with van der Waals surface area (Å²) in [6, 6.07) is 0. The number of aliphatic hydroxyl groups is 1. The van der Waals surface area contributed by atoms with Gasteiger partial charge in [0.05, 0.1) is 6.67 Å². The molecular weight excluding hydrogens is 92.1 g/mol. The van der Waals surface area contributed by atoms with Crippen LogP contribution in [0.5, 0.6) is 0 Å². The Balaban J connectivity index is 2.14. The normalized spacial score (nSPS) is 23.6. The molecule has 0 saturated carbocycles. The highest BCUT2D eigenvalue weighted by Crippen LogP contribution is 1.90. The molecular formula is C4H9N2O. The molecule has 1 fully saturated rings. The lowest BCUT2D eigenvalue weighted by Gasteiger charge is -2.04. The van der Waals surface area contributed by atoms with E-state index in [1.807, 2.05) is 0 Å². The van der Waals surface area contributed by atoms with E-state index in [9.17, 15) is 0 Å². The molecule has 3 nitrogen and oxygen atoms in total. The standard InChI is InChI=1S/C4H9N2O/c7-4-6-2-1-5-3-6/h4-5,7H,1-3H2. The van der Waals surface area contributed by atoms with Crippen molar-refractivity contribution in [3.63, 3.8) is 0 Å². The zero-order valence-corrected chi connectivity index (χ0v) is 4.09. The molecule has 7 heavy (non-hydrogen) atoms. The first-order valence-corrected chi connectivity index (χ1v) is 2.36. The summed E-state index contributed by atoms with van der Waals surface area (Å²) in [5, 5.41) is 11.4. The van der Waals surface area contributed by atoms with E-state index in [1.54, 1.807) is 4.90 Å². The number of nitrogens with one attached hydrogen (secondary N) is 1. The van der Waals surface area contributed by atoms with Gasteiger partial charge in [-0.1, -0.05) is 0 Å². The van der Waals surface area contributed by atoms with Crippen molar-refractivity contribution >= 4 is 0 Å². The molecule has 0 aromatic carbocycles. The molecule has 2 N–H and O–H groups in total. The molecule has 0 aliphatic carbocycles. The van der Waals surface area contributed by atoms with E-state index in [1.165, 1.54) is 0 Å². The van der Waals surface area contributed by atoms with Gasteiger partial charge in [0.2, 0.25) is 0 Å². The fourth-order valence-corrected chi connectivity index (χ4v) is 0.623. The fraction of sp³-hybridized carbons (Fsp3) is 0.750. The maximum Gasteiger partial charge on any atom is 0.148 e. The van der Waals surface area contributed by atoms with Crippen molar-refractivity contribution in [2.45, 2.75) is 0 Å². The van der Waals surface area contributed by atoms with Crippen LogP contribution in [0.1, 0.15) is 0 Å². The lowest BCUT2D eigenvalue weighted by atomic mass is 10.6. The smallest absolute Gasteiger partial charge is 0.148 e. The molecule has 0 aromatic rings. The lowest BCUT2D eigenvalue weighted by Crippen LogP contribution is -2.18. The molecule has 41 valence electrons. The number of hydrogen-bond acceptors (Lipinski definition) is 3. The second kappa shape index (κ2) is 2.26. The minimum atomic E-state index is 0.788. The molecule has 0 spiro atoms. The van der Waals surface area contributed by atoms with Crippen LogP contribution in [-0.4, -0.2) is 29.8 Å². The van der Waals surface area contributed by atoms with Crippen molar-refractivity contribution < 1.29 is 5.11 Å². The monoisotopic (exact) mass is 101 g/mol. The average Bonchev–Trinajstić information content (AvgIpc) is 2.14. The van der Waals surface area contributed by atoms with Crippen LogP contribution in [0.2, 0.25) is 0 Å². The van der Waals surface area contributed by atoms with Gasteiger partial charge in [-0.25, -0.2) is 0 Å². The van der Waals surface area contributed by atoms with E-state index in [4.69, 9.17) is 5.11 Å². The summed E-state index contributed by atoms with van der Waals surface area (Å²) in [6.07, 6.45) is 0. The van der Waals surface area contributed by atoms with Crippen molar-refractivity contribution in [1.29, 1.82) is 0 Å². The Bertz CT molecular complexity index is 51.7. The van der Waals surface area contributed by atoms with Crippen molar-refractivity contribution in [2.75, 3.05) is 19.8 Å². The predicted octanol–water partition coefficient (Wildman–Crippen LogP) is -0.659. The quantitative estimate of drug-likeness (QED) is 0.460. The third-order valence-electron chi connectivity index (χ3n) is 1.05. The highest BCUT2D eigenvalue weighted by atomic mass is 16.3. The van der Waals surface area contributed by atoms with E-state index in [0.29, 0.717) is 0 Å². The van der Waals surface area contributed by atoms with Gasteiger partial charge in [-0.2, -0.15) is 0 Å². The van der Waals surface area contributed by atoms with Crippen molar-refractivity contribution in [1.82, 2.24) is 10.2 Å². The minimum Gasteiger partial charge on any atom is -0.374 e.